The van der Waals surface area contributed by atoms with Gasteiger partial charge in [0.1, 0.15) is 0 Å². The highest BCUT2D eigenvalue weighted by Crippen LogP contribution is 2.27. The average Bonchev–Trinajstić information content (AvgIpc) is 2.59. The third kappa shape index (κ3) is 1.50. The summed E-state index contributed by atoms with van der Waals surface area (Å²) in [5.74, 6) is -1.52. The van der Waals surface area contributed by atoms with E-state index >= 15 is 0 Å². The van der Waals surface area contributed by atoms with Crippen LogP contribution in [-0.4, -0.2) is 17.0 Å². The second-order valence-electron chi connectivity index (χ2n) is 3.36. The highest BCUT2D eigenvalue weighted by Gasteiger charge is 2.19. The van der Waals surface area contributed by atoms with Gasteiger partial charge in [0, 0.05) is 5.57 Å². The van der Waals surface area contributed by atoms with Crippen molar-refractivity contribution in [3.8, 4) is 0 Å². The Kier molecular flexibility index (Phi) is 2.04. The molecule has 1 aliphatic rings. The molecule has 15 heavy (non-hydrogen) atoms. The van der Waals surface area contributed by atoms with Crippen LogP contribution in [0.4, 0.5) is 0 Å². The summed E-state index contributed by atoms with van der Waals surface area (Å²) in [6, 6.07) is 4.73. The summed E-state index contributed by atoms with van der Waals surface area (Å²) in [6.07, 6.45) is 2.35. The van der Waals surface area contributed by atoms with Gasteiger partial charge in [0.25, 0.3) is 0 Å². The van der Waals surface area contributed by atoms with Gasteiger partial charge in [-0.2, -0.15) is 0 Å². The minimum absolute atomic E-state index is 0.169. The first kappa shape index (κ1) is 9.45. The molecule has 76 valence electrons. The maximum Gasteiger partial charge on any atom is 0.335 e. The molecule has 0 bridgehead atoms. The molecule has 1 aromatic rings. The van der Waals surface area contributed by atoms with Crippen LogP contribution >= 0.6 is 0 Å². The first-order valence-electron chi connectivity index (χ1n) is 4.46. The van der Waals surface area contributed by atoms with E-state index in [-0.39, 0.29) is 5.56 Å². The number of hydrogen-bond donors (Lipinski definition) is 2. The molecule has 1 aliphatic carbocycles. The summed E-state index contributed by atoms with van der Waals surface area (Å²) in [4.78, 5) is 21.8. The molecular formula is C11H9NO3. The van der Waals surface area contributed by atoms with Gasteiger partial charge in [-0.05, 0) is 29.7 Å². The van der Waals surface area contributed by atoms with Crippen molar-refractivity contribution in [2.24, 2.45) is 5.73 Å². The molecule has 2 rings (SSSR count). The smallest absolute Gasteiger partial charge is 0.335 e. The van der Waals surface area contributed by atoms with Crippen LogP contribution in [0.1, 0.15) is 21.5 Å². The minimum atomic E-state index is -1.01. The Morgan fingerprint density at radius 3 is 2.67 bits per heavy atom. The number of nitrogens with two attached hydrogens (primary N) is 1. The number of carbonyl (C=O) groups excluding carboxylic acids is 1. The number of benzene rings is 1. The Morgan fingerprint density at radius 1 is 1.33 bits per heavy atom. The second-order valence-corrected chi connectivity index (χ2v) is 3.36. The number of amides is 1. The van der Waals surface area contributed by atoms with Crippen molar-refractivity contribution in [2.75, 3.05) is 0 Å². The van der Waals surface area contributed by atoms with Gasteiger partial charge in [-0.25, -0.2) is 4.79 Å². The zero-order valence-corrected chi connectivity index (χ0v) is 7.86. The van der Waals surface area contributed by atoms with Crippen LogP contribution in [0.3, 0.4) is 0 Å². The molecule has 0 radical (unpaired) electrons. The first-order chi connectivity index (χ1) is 7.09. The summed E-state index contributed by atoms with van der Waals surface area (Å²) in [7, 11) is 0. The lowest BCUT2D eigenvalue weighted by Gasteiger charge is -2.03. The van der Waals surface area contributed by atoms with E-state index in [4.69, 9.17) is 10.8 Å². The average molecular weight is 203 g/mol. The van der Waals surface area contributed by atoms with Gasteiger partial charge >= 0.3 is 5.97 Å². The topological polar surface area (TPSA) is 80.4 Å². The molecule has 3 N–H and O–H groups in total. The predicted octanol–water partition coefficient (Wildman–Crippen LogP) is 0.810. The molecule has 4 heteroatoms. The molecule has 0 fully saturated rings. The normalized spacial score (nSPS) is 13.2. The lowest BCUT2D eigenvalue weighted by atomic mass is 10.0. The molecule has 1 amide bonds. The number of aromatic carboxylic acids is 1. The molecule has 0 heterocycles. The molecule has 0 atom stereocenters. The summed E-state index contributed by atoms with van der Waals surface area (Å²) in [5.41, 5.74) is 7.34. The van der Waals surface area contributed by atoms with E-state index in [2.05, 4.69) is 0 Å². The van der Waals surface area contributed by atoms with Gasteiger partial charge in [0.2, 0.25) is 5.91 Å². The molecule has 4 nitrogen and oxygen atoms in total. The van der Waals surface area contributed by atoms with Crippen molar-refractivity contribution in [1.29, 1.82) is 0 Å². The maximum atomic E-state index is 11.1. The van der Waals surface area contributed by atoms with Crippen LogP contribution in [0.5, 0.6) is 0 Å². The van der Waals surface area contributed by atoms with Crippen LogP contribution in [-0.2, 0) is 11.2 Å². The fraction of sp³-hybridized carbons (Fsp3) is 0.0909. The van der Waals surface area contributed by atoms with Crippen molar-refractivity contribution in [2.45, 2.75) is 6.42 Å². The van der Waals surface area contributed by atoms with Crippen molar-refractivity contribution >= 4 is 17.4 Å². The van der Waals surface area contributed by atoms with Gasteiger partial charge in [-0.3, -0.25) is 4.79 Å². The number of hydrogen-bond acceptors (Lipinski definition) is 2. The van der Waals surface area contributed by atoms with Gasteiger partial charge in [-0.1, -0.05) is 12.1 Å². The maximum absolute atomic E-state index is 11.1. The van der Waals surface area contributed by atoms with Gasteiger partial charge in [0.15, 0.2) is 0 Å². The Morgan fingerprint density at radius 2 is 2.07 bits per heavy atom. The second kappa shape index (κ2) is 3.24. The number of carboxylic acid groups (broad SMARTS) is 1. The molecule has 0 spiro atoms. The summed E-state index contributed by atoms with van der Waals surface area (Å²) >= 11 is 0. The van der Waals surface area contributed by atoms with Crippen LogP contribution in [0.2, 0.25) is 0 Å². The third-order valence-electron chi connectivity index (χ3n) is 2.44. The van der Waals surface area contributed by atoms with Crippen molar-refractivity contribution in [3.63, 3.8) is 0 Å². The predicted molar refractivity (Wildman–Crippen MR) is 54.3 cm³/mol. The van der Waals surface area contributed by atoms with E-state index in [0.29, 0.717) is 17.6 Å². The van der Waals surface area contributed by atoms with Gasteiger partial charge in [-0.15, -0.1) is 0 Å². The van der Waals surface area contributed by atoms with E-state index in [0.717, 1.165) is 5.56 Å². The Labute approximate surface area is 86.0 Å². The van der Waals surface area contributed by atoms with Crippen LogP contribution < -0.4 is 5.73 Å². The molecule has 0 aliphatic heterocycles. The lowest BCUT2D eigenvalue weighted by molar-refractivity contribution is -0.112. The zero-order chi connectivity index (χ0) is 11.0. The Bertz CT molecular complexity index is 489. The lowest BCUT2D eigenvalue weighted by Crippen LogP contribution is -2.12. The monoisotopic (exact) mass is 203 g/mol. The van der Waals surface area contributed by atoms with E-state index in [1.807, 2.05) is 0 Å². The number of primary amides is 1. The summed E-state index contributed by atoms with van der Waals surface area (Å²) in [6.45, 7) is 0. The number of carboxylic acids is 1. The van der Waals surface area contributed by atoms with E-state index in [9.17, 15) is 9.59 Å². The molecule has 0 saturated carbocycles. The van der Waals surface area contributed by atoms with Crippen LogP contribution in [0.25, 0.3) is 5.57 Å². The number of fused-ring (bicyclic) bond motifs is 1. The number of allylic oxidation sites excluding steroid dienone is 1. The van der Waals surface area contributed by atoms with Crippen molar-refractivity contribution in [3.05, 3.63) is 41.0 Å². The van der Waals surface area contributed by atoms with E-state index in [1.165, 1.54) is 12.1 Å². The Hall–Kier alpha value is -2.10. The molecule has 1 aromatic carbocycles. The van der Waals surface area contributed by atoms with Crippen LogP contribution in [0.15, 0.2) is 24.3 Å². The molecular weight excluding hydrogens is 194 g/mol. The van der Waals surface area contributed by atoms with Crippen molar-refractivity contribution < 1.29 is 14.7 Å². The number of rotatable bonds is 2. The van der Waals surface area contributed by atoms with Gasteiger partial charge < -0.3 is 10.8 Å². The van der Waals surface area contributed by atoms with E-state index in [1.54, 1.807) is 12.1 Å². The van der Waals surface area contributed by atoms with E-state index < -0.39 is 11.9 Å². The van der Waals surface area contributed by atoms with Crippen LogP contribution in [0, 0.1) is 0 Å². The minimum Gasteiger partial charge on any atom is -0.478 e. The third-order valence-corrected chi connectivity index (χ3v) is 2.44. The molecule has 0 aromatic heterocycles. The SMILES string of the molecule is NC(=O)C1=CCc2ccc(C(=O)O)cc21. The fourth-order valence-corrected chi connectivity index (χ4v) is 1.69. The molecule has 0 saturated heterocycles. The standard InChI is InChI=1S/C11H9NO3/c12-10(13)8-4-3-6-1-2-7(11(14)15)5-9(6)8/h1-2,4-5H,3H2,(H2,12,13)(H,14,15). The molecule has 0 unspecified atom stereocenters. The summed E-state index contributed by atoms with van der Waals surface area (Å²) < 4.78 is 0. The number of carbonyl (C=O) groups is 2. The highest BCUT2D eigenvalue weighted by molar-refractivity contribution is 6.20. The fourth-order valence-electron chi connectivity index (χ4n) is 1.69. The first-order valence-corrected chi connectivity index (χ1v) is 4.46. The quantitative estimate of drug-likeness (QED) is 0.746. The largest absolute Gasteiger partial charge is 0.478 e. The van der Waals surface area contributed by atoms with Crippen molar-refractivity contribution in [1.82, 2.24) is 0 Å². The highest BCUT2D eigenvalue weighted by atomic mass is 16.4. The van der Waals surface area contributed by atoms with Gasteiger partial charge in [0.05, 0.1) is 5.56 Å². The Balaban J connectivity index is 2.52. The summed E-state index contributed by atoms with van der Waals surface area (Å²) in [5, 5.41) is 8.81. The zero-order valence-electron chi connectivity index (χ0n) is 7.86.